The second kappa shape index (κ2) is 3.63. The van der Waals surface area contributed by atoms with E-state index in [1.807, 2.05) is 30.5 Å². The third kappa shape index (κ3) is 2.00. The van der Waals surface area contributed by atoms with Crippen molar-refractivity contribution in [3.63, 3.8) is 0 Å². The molecule has 72 valence electrons. The quantitative estimate of drug-likeness (QED) is 0.819. The fraction of sp³-hybridized carbons (Fsp3) is 0.111. The molecule has 0 aliphatic carbocycles. The smallest absolute Gasteiger partial charge is 0.180 e. The van der Waals surface area contributed by atoms with E-state index in [1.165, 1.54) is 11.3 Å². The summed E-state index contributed by atoms with van der Waals surface area (Å²) in [6.45, 7) is 1.85. The second-order valence-electron chi connectivity index (χ2n) is 2.81. The predicted octanol–water partition coefficient (Wildman–Crippen LogP) is 2.19. The van der Waals surface area contributed by atoms with Crippen molar-refractivity contribution in [2.75, 3.05) is 5.73 Å². The molecule has 2 aromatic rings. The van der Waals surface area contributed by atoms with Crippen molar-refractivity contribution in [2.45, 2.75) is 6.92 Å². The van der Waals surface area contributed by atoms with Gasteiger partial charge in [-0.15, -0.1) is 11.3 Å². The lowest BCUT2D eigenvalue weighted by Crippen LogP contribution is -1.80. The van der Waals surface area contributed by atoms with Crippen molar-refractivity contribution >= 4 is 28.6 Å². The van der Waals surface area contributed by atoms with Crippen LogP contribution >= 0.6 is 11.3 Å². The maximum atomic E-state index is 5.49. The van der Waals surface area contributed by atoms with Crippen LogP contribution in [0.3, 0.4) is 0 Å². The first-order valence-electron chi connectivity index (χ1n) is 4.06. The Morgan fingerprint density at radius 3 is 2.79 bits per heavy atom. The summed E-state index contributed by atoms with van der Waals surface area (Å²) in [5, 5.41) is 6.28. The highest BCUT2D eigenvalue weighted by Crippen LogP contribution is 2.13. The molecule has 0 saturated heterocycles. The molecule has 0 radical (unpaired) electrons. The highest BCUT2D eigenvalue weighted by atomic mass is 32.1. The summed E-state index contributed by atoms with van der Waals surface area (Å²) in [6.07, 6.45) is 3.69. The van der Waals surface area contributed by atoms with Crippen molar-refractivity contribution in [1.82, 2.24) is 10.1 Å². The molecule has 0 aromatic carbocycles. The van der Waals surface area contributed by atoms with E-state index in [0.29, 0.717) is 5.13 Å². The number of nitrogens with zero attached hydrogens (tertiary/aromatic N) is 2. The van der Waals surface area contributed by atoms with E-state index in [-0.39, 0.29) is 0 Å². The number of aromatic nitrogens is 2. The first-order chi connectivity index (χ1) is 6.74. The monoisotopic (exact) mass is 207 g/mol. The molecule has 0 fully saturated rings. The summed E-state index contributed by atoms with van der Waals surface area (Å²) in [5.74, 6) is 0.794. The first-order valence-corrected chi connectivity index (χ1v) is 4.94. The van der Waals surface area contributed by atoms with E-state index >= 15 is 0 Å². The molecule has 0 spiro atoms. The molecular formula is C9H9N3OS. The molecule has 4 nitrogen and oxygen atoms in total. The van der Waals surface area contributed by atoms with Crippen molar-refractivity contribution in [3.8, 4) is 0 Å². The van der Waals surface area contributed by atoms with Gasteiger partial charge in [-0.1, -0.05) is 5.16 Å². The van der Waals surface area contributed by atoms with Crippen molar-refractivity contribution in [1.29, 1.82) is 0 Å². The van der Waals surface area contributed by atoms with Crippen molar-refractivity contribution in [3.05, 3.63) is 28.6 Å². The van der Waals surface area contributed by atoms with E-state index < -0.39 is 0 Å². The molecule has 0 aliphatic heterocycles. The van der Waals surface area contributed by atoms with Gasteiger partial charge in [0.2, 0.25) is 0 Å². The van der Waals surface area contributed by atoms with Crippen molar-refractivity contribution < 1.29 is 4.52 Å². The Balaban J connectivity index is 2.14. The van der Waals surface area contributed by atoms with Gasteiger partial charge in [-0.05, 0) is 19.1 Å². The van der Waals surface area contributed by atoms with Gasteiger partial charge in [0.25, 0.3) is 0 Å². The topological polar surface area (TPSA) is 64.9 Å². The average molecular weight is 207 g/mol. The minimum atomic E-state index is 0.570. The van der Waals surface area contributed by atoms with Gasteiger partial charge in [-0.25, -0.2) is 4.98 Å². The normalized spacial score (nSPS) is 11.2. The Labute approximate surface area is 85.1 Å². The summed E-state index contributed by atoms with van der Waals surface area (Å²) in [6, 6.07) is 1.85. The van der Waals surface area contributed by atoms with Gasteiger partial charge in [0.15, 0.2) is 5.13 Å². The molecule has 2 aromatic heterocycles. The van der Waals surface area contributed by atoms with Gasteiger partial charge in [0, 0.05) is 11.4 Å². The van der Waals surface area contributed by atoms with Crippen LogP contribution in [0.5, 0.6) is 0 Å². The Kier molecular flexibility index (Phi) is 2.32. The number of thiazole rings is 1. The van der Waals surface area contributed by atoms with E-state index in [9.17, 15) is 0 Å². The molecule has 0 amide bonds. The van der Waals surface area contributed by atoms with Crippen LogP contribution in [-0.4, -0.2) is 10.1 Å². The largest absolute Gasteiger partial charge is 0.375 e. The summed E-state index contributed by atoms with van der Waals surface area (Å²) in [5.41, 5.74) is 7.12. The van der Waals surface area contributed by atoms with Crippen LogP contribution in [0, 0.1) is 6.92 Å². The van der Waals surface area contributed by atoms with Gasteiger partial charge in [0.05, 0.1) is 5.69 Å². The van der Waals surface area contributed by atoms with Crippen molar-refractivity contribution in [2.24, 2.45) is 0 Å². The van der Waals surface area contributed by atoms with E-state index in [0.717, 1.165) is 17.1 Å². The predicted molar refractivity (Wildman–Crippen MR) is 56.7 cm³/mol. The number of rotatable bonds is 2. The van der Waals surface area contributed by atoms with Crippen LogP contribution < -0.4 is 5.73 Å². The number of anilines is 1. The van der Waals surface area contributed by atoms with Crippen LogP contribution in [0.25, 0.3) is 12.2 Å². The summed E-state index contributed by atoms with van der Waals surface area (Å²) >= 11 is 1.42. The molecule has 2 N–H and O–H groups in total. The maximum absolute atomic E-state index is 5.49. The molecule has 0 atom stereocenters. The van der Waals surface area contributed by atoms with Gasteiger partial charge in [-0.2, -0.15) is 0 Å². The van der Waals surface area contributed by atoms with Gasteiger partial charge < -0.3 is 10.3 Å². The standard InChI is InChI=1S/C9H9N3OS/c1-6-4-7(12-13-6)2-3-8-5-14-9(10)11-8/h2-5H,1H3,(H2,10,11)/b3-2+. The third-order valence-corrected chi connectivity index (χ3v) is 2.30. The highest BCUT2D eigenvalue weighted by molar-refractivity contribution is 7.13. The fourth-order valence-corrected chi connectivity index (χ4v) is 1.54. The molecule has 2 rings (SSSR count). The zero-order chi connectivity index (χ0) is 9.97. The summed E-state index contributed by atoms with van der Waals surface area (Å²) in [4.78, 5) is 4.08. The molecule has 0 aliphatic rings. The van der Waals surface area contributed by atoms with E-state index in [1.54, 1.807) is 0 Å². The van der Waals surface area contributed by atoms with E-state index in [2.05, 4.69) is 10.1 Å². The number of aryl methyl sites for hydroxylation is 1. The van der Waals surface area contributed by atoms with Crippen LogP contribution in [0.2, 0.25) is 0 Å². The minimum absolute atomic E-state index is 0.570. The maximum Gasteiger partial charge on any atom is 0.180 e. The van der Waals surface area contributed by atoms with Crippen LogP contribution in [0.15, 0.2) is 16.0 Å². The average Bonchev–Trinajstić information content (AvgIpc) is 2.72. The lowest BCUT2D eigenvalue weighted by Gasteiger charge is -1.80. The minimum Gasteiger partial charge on any atom is -0.375 e. The Hall–Kier alpha value is -1.62. The Morgan fingerprint density at radius 2 is 2.21 bits per heavy atom. The molecule has 5 heteroatoms. The molecule has 2 heterocycles. The molecule has 14 heavy (non-hydrogen) atoms. The molecule has 0 saturated carbocycles. The summed E-state index contributed by atoms with van der Waals surface area (Å²) in [7, 11) is 0. The second-order valence-corrected chi connectivity index (χ2v) is 3.70. The Bertz CT molecular complexity index is 416. The zero-order valence-electron chi connectivity index (χ0n) is 7.60. The number of nitrogens with two attached hydrogens (primary N) is 1. The zero-order valence-corrected chi connectivity index (χ0v) is 8.41. The Morgan fingerprint density at radius 1 is 1.43 bits per heavy atom. The van der Waals surface area contributed by atoms with Gasteiger partial charge in [-0.3, -0.25) is 0 Å². The summed E-state index contributed by atoms with van der Waals surface area (Å²) < 4.78 is 4.91. The lowest BCUT2D eigenvalue weighted by molar-refractivity contribution is 0.396. The number of nitrogen functional groups attached to an aromatic ring is 1. The first kappa shape index (κ1) is 8.96. The number of hydrogen-bond donors (Lipinski definition) is 1. The lowest BCUT2D eigenvalue weighted by atomic mass is 10.3. The van der Waals surface area contributed by atoms with Crippen LogP contribution in [0.4, 0.5) is 5.13 Å². The number of hydrogen-bond acceptors (Lipinski definition) is 5. The van der Waals surface area contributed by atoms with E-state index in [4.69, 9.17) is 10.3 Å². The molecule has 0 unspecified atom stereocenters. The molecule has 0 bridgehead atoms. The van der Waals surface area contributed by atoms with Crippen LogP contribution in [-0.2, 0) is 0 Å². The van der Waals surface area contributed by atoms with Crippen LogP contribution in [0.1, 0.15) is 17.1 Å². The van der Waals surface area contributed by atoms with Gasteiger partial charge in [0.1, 0.15) is 11.5 Å². The highest BCUT2D eigenvalue weighted by Gasteiger charge is 1.96. The fourth-order valence-electron chi connectivity index (χ4n) is 1.01. The third-order valence-electron chi connectivity index (χ3n) is 1.61. The SMILES string of the molecule is Cc1cc(/C=C/c2csc(N)n2)no1. The molecular weight excluding hydrogens is 198 g/mol. The van der Waals surface area contributed by atoms with Gasteiger partial charge >= 0.3 is 0 Å².